The summed E-state index contributed by atoms with van der Waals surface area (Å²) in [5, 5.41) is 3.42. The van der Waals surface area contributed by atoms with Gasteiger partial charge in [-0.2, -0.15) is 0 Å². The molecule has 0 aromatic heterocycles. The molecule has 0 atom stereocenters. The molecular formula is C12H18Cl2N2O. The average molecular weight is 277 g/mol. The van der Waals surface area contributed by atoms with E-state index < -0.39 is 0 Å². The molecule has 3 nitrogen and oxygen atoms in total. The van der Waals surface area contributed by atoms with E-state index >= 15 is 0 Å². The number of hydrogen-bond acceptors (Lipinski definition) is 3. The van der Waals surface area contributed by atoms with Gasteiger partial charge in [0.1, 0.15) is 0 Å². The van der Waals surface area contributed by atoms with Crippen LogP contribution in [0.1, 0.15) is 5.56 Å². The van der Waals surface area contributed by atoms with E-state index in [0.29, 0.717) is 0 Å². The van der Waals surface area contributed by atoms with Crippen LogP contribution in [0.2, 0.25) is 0 Å². The maximum absolute atomic E-state index is 5.38. The Kier molecular flexibility index (Phi) is 5.37. The molecule has 0 radical (unpaired) electrons. The number of halogens is 2. The Labute approximate surface area is 114 Å². The Morgan fingerprint density at radius 2 is 1.88 bits per heavy atom. The van der Waals surface area contributed by atoms with E-state index in [1.807, 2.05) is 0 Å². The van der Waals surface area contributed by atoms with E-state index in [1.54, 1.807) is 0 Å². The van der Waals surface area contributed by atoms with E-state index in [2.05, 4.69) is 28.4 Å². The summed E-state index contributed by atoms with van der Waals surface area (Å²) in [6.07, 6.45) is 1.16. The molecule has 5 heteroatoms. The zero-order valence-electron chi connectivity index (χ0n) is 9.65. The van der Waals surface area contributed by atoms with Crippen molar-refractivity contribution >= 4 is 36.2 Å². The van der Waals surface area contributed by atoms with Crippen LogP contribution in [-0.4, -0.2) is 32.8 Å². The van der Waals surface area contributed by atoms with Crippen molar-refractivity contribution < 1.29 is 4.74 Å². The lowest BCUT2D eigenvalue weighted by Gasteiger charge is -2.30. The number of nitrogens with one attached hydrogen (secondary N) is 1. The molecule has 0 unspecified atom stereocenters. The van der Waals surface area contributed by atoms with Gasteiger partial charge < -0.3 is 15.0 Å². The second kappa shape index (κ2) is 6.34. The number of fused-ring (bicyclic) bond motifs is 1. The molecular weight excluding hydrogens is 259 g/mol. The maximum atomic E-state index is 5.38. The number of benzene rings is 1. The third-order valence-corrected chi connectivity index (χ3v) is 3.19. The fraction of sp³-hybridized carbons (Fsp3) is 0.500. The quantitative estimate of drug-likeness (QED) is 0.852. The number of ether oxygens (including phenoxy) is 1. The van der Waals surface area contributed by atoms with Crippen LogP contribution in [0.15, 0.2) is 18.2 Å². The topological polar surface area (TPSA) is 24.5 Å². The van der Waals surface area contributed by atoms with Crippen LogP contribution in [0, 0.1) is 0 Å². The first-order valence-corrected chi connectivity index (χ1v) is 5.63. The Morgan fingerprint density at radius 3 is 2.65 bits per heavy atom. The Hall–Kier alpha value is -0.640. The number of morpholine rings is 1. The van der Waals surface area contributed by atoms with Crippen molar-refractivity contribution in [3.63, 3.8) is 0 Å². The smallest absolute Gasteiger partial charge is 0.0642 e. The fourth-order valence-corrected chi connectivity index (χ4v) is 2.43. The molecule has 0 aliphatic carbocycles. The summed E-state index contributed by atoms with van der Waals surface area (Å²) < 4.78 is 5.38. The van der Waals surface area contributed by atoms with Crippen LogP contribution < -0.4 is 10.2 Å². The van der Waals surface area contributed by atoms with Crippen molar-refractivity contribution in [1.29, 1.82) is 0 Å². The van der Waals surface area contributed by atoms with Gasteiger partial charge in [0.2, 0.25) is 0 Å². The molecule has 0 spiro atoms. The second-order valence-electron chi connectivity index (χ2n) is 4.08. The van der Waals surface area contributed by atoms with Crippen LogP contribution >= 0.6 is 24.8 Å². The van der Waals surface area contributed by atoms with E-state index in [4.69, 9.17) is 4.74 Å². The molecule has 2 heterocycles. The van der Waals surface area contributed by atoms with Crippen molar-refractivity contribution in [1.82, 2.24) is 0 Å². The van der Waals surface area contributed by atoms with Gasteiger partial charge in [-0.05, 0) is 18.6 Å². The van der Waals surface area contributed by atoms with Gasteiger partial charge >= 0.3 is 0 Å². The van der Waals surface area contributed by atoms with Crippen molar-refractivity contribution in [2.24, 2.45) is 0 Å². The molecule has 2 aliphatic heterocycles. The molecule has 1 aromatic rings. The highest BCUT2D eigenvalue weighted by Gasteiger charge is 2.19. The fourth-order valence-electron chi connectivity index (χ4n) is 2.43. The van der Waals surface area contributed by atoms with Crippen LogP contribution in [-0.2, 0) is 11.2 Å². The summed E-state index contributed by atoms with van der Waals surface area (Å²) in [6.45, 7) is 4.85. The van der Waals surface area contributed by atoms with Crippen molar-refractivity contribution in [2.45, 2.75) is 6.42 Å². The lowest BCUT2D eigenvalue weighted by Crippen LogP contribution is -2.36. The first kappa shape index (κ1) is 14.4. The lowest BCUT2D eigenvalue weighted by molar-refractivity contribution is 0.122. The van der Waals surface area contributed by atoms with Gasteiger partial charge in [-0.25, -0.2) is 0 Å². The summed E-state index contributed by atoms with van der Waals surface area (Å²) in [7, 11) is 0. The highest BCUT2D eigenvalue weighted by Crippen LogP contribution is 2.31. The largest absolute Gasteiger partial charge is 0.384 e. The molecule has 2 aliphatic rings. The number of nitrogens with zero attached hydrogens (tertiary/aromatic N) is 1. The van der Waals surface area contributed by atoms with Gasteiger partial charge in [-0.15, -0.1) is 24.8 Å². The molecule has 1 saturated heterocycles. The molecule has 1 N–H and O–H groups in total. The van der Waals surface area contributed by atoms with Crippen molar-refractivity contribution in [2.75, 3.05) is 43.1 Å². The first-order chi connectivity index (χ1) is 7.45. The van der Waals surface area contributed by atoms with Gasteiger partial charge in [-0.1, -0.05) is 6.07 Å². The predicted octanol–water partition coefficient (Wildman–Crippen LogP) is 2.33. The molecule has 0 amide bonds. The van der Waals surface area contributed by atoms with E-state index in [-0.39, 0.29) is 24.8 Å². The summed E-state index contributed by atoms with van der Waals surface area (Å²) in [5.41, 5.74) is 4.21. The van der Waals surface area contributed by atoms with Gasteiger partial charge in [0, 0.05) is 36.6 Å². The van der Waals surface area contributed by atoms with Crippen molar-refractivity contribution in [3.05, 3.63) is 23.8 Å². The normalized spacial score (nSPS) is 17.5. The van der Waals surface area contributed by atoms with Crippen LogP contribution in [0.5, 0.6) is 0 Å². The van der Waals surface area contributed by atoms with Crippen LogP contribution in [0.3, 0.4) is 0 Å². The van der Waals surface area contributed by atoms with Crippen molar-refractivity contribution in [3.8, 4) is 0 Å². The Bertz CT molecular complexity index is 368. The molecule has 1 aromatic carbocycles. The van der Waals surface area contributed by atoms with E-state index in [9.17, 15) is 0 Å². The molecule has 0 bridgehead atoms. The van der Waals surface area contributed by atoms with Crippen LogP contribution in [0.4, 0.5) is 11.4 Å². The molecule has 17 heavy (non-hydrogen) atoms. The number of anilines is 2. The van der Waals surface area contributed by atoms with Gasteiger partial charge in [0.05, 0.1) is 13.2 Å². The maximum Gasteiger partial charge on any atom is 0.0642 e. The highest BCUT2D eigenvalue weighted by molar-refractivity contribution is 5.85. The lowest BCUT2D eigenvalue weighted by atomic mass is 10.1. The minimum absolute atomic E-state index is 0. The van der Waals surface area contributed by atoms with Gasteiger partial charge in [0.15, 0.2) is 0 Å². The molecule has 0 saturated carbocycles. The predicted molar refractivity (Wildman–Crippen MR) is 76.2 cm³/mol. The standard InChI is InChI=1S/C12H16N2O.2ClH/c1-2-11-10(4-5-13-11)12(3-1)14-6-8-15-9-7-14;;/h1-3,13H,4-9H2;2*1H. The molecule has 1 fully saturated rings. The zero-order chi connectivity index (χ0) is 10.1. The van der Waals surface area contributed by atoms with Crippen LogP contribution in [0.25, 0.3) is 0 Å². The molecule has 96 valence electrons. The second-order valence-corrected chi connectivity index (χ2v) is 4.08. The van der Waals surface area contributed by atoms with Gasteiger partial charge in [0.25, 0.3) is 0 Å². The minimum atomic E-state index is 0. The Morgan fingerprint density at radius 1 is 1.12 bits per heavy atom. The zero-order valence-corrected chi connectivity index (χ0v) is 11.3. The highest BCUT2D eigenvalue weighted by atomic mass is 35.5. The monoisotopic (exact) mass is 276 g/mol. The SMILES string of the molecule is Cl.Cl.c1cc2c(c(N3CCOCC3)c1)CCN2. The summed E-state index contributed by atoms with van der Waals surface area (Å²) in [5.74, 6) is 0. The summed E-state index contributed by atoms with van der Waals surface area (Å²) in [6, 6.07) is 6.55. The van der Waals surface area contributed by atoms with E-state index in [0.717, 1.165) is 39.3 Å². The Balaban J connectivity index is 0.000000722. The summed E-state index contributed by atoms with van der Waals surface area (Å²) >= 11 is 0. The van der Waals surface area contributed by atoms with Gasteiger partial charge in [-0.3, -0.25) is 0 Å². The first-order valence-electron chi connectivity index (χ1n) is 5.63. The molecule has 3 rings (SSSR count). The minimum Gasteiger partial charge on any atom is -0.384 e. The third-order valence-electron chi connectivity index (χ3n) is 3.19. The third kappa shape index (κ3) is 2.79. The average Bonchev–Trinajstić information content (AvgIpc) is 2.78. The summed E-state index contributed by atoms with van der Waals surface area (Å²) in [4.78, 5) is 2.44. The van der Waals surface area contributed by atoms with E-state index in [1.165, 1.54) is 16.9 Å². The number of hydrogen-bond donors (Lipinski definition) is 1. The number of rotatable bonds is 1.